The molecule has 1 aromatic carbocycles. The summed E-state index contributed by atoms with van der Waals surface area (Å²) in [7, 11) is 1.61. The van der Waals surface area contributed by atoms with Crippen molar-refractivity contribution in [1.29, 1.82) is 5.26 Å². The van der Waals surface area contributed by atoms with Crippen LogP contribution in [0.5, 0.6) is 5.75 Å². The molecule has 0 fully saturated rings. The number of aromatic nitrogens is 1. The average Bonchev–Trinajstić information content (AvgIpc) is 2.40. The Labute approximate surface area is 110 Å². The second kappa shape index (κ2) is 5.67. The Morgan fingerprint density at radius 1 is 1.39 bits per heavy atom. The summed E-state index contributed by atoms with van der Waals surface area (Å²) in [5.74, 6) is 0.679. The van der Waals surface area contributed by atoms with Gasteiger partial charge in [0.05, 0.1) is 22.7 Å². The maximum absolute atomic E-state index is 8.90. The molecule has 0 radical (unpaired) electrons. The van der Waals surface area contributed by atoms with Crippen LogP contribution < -0.4 is 4.74 Å². The highest BCUT2D eigenvalue weighted by Crippen LogP contribution is 2.28. The van der Waals surface area contributed by atoms with Crippen LogP contribution in [0.25, 0.3) is 10.9 Å². The van der Waals surface area contributed by atoms with Gasteiger partial charge in [-0.15, -0.1) is 0 Å². The van der Waals surface area contributed by atoms with E-state index in [9.17, 15) is 0 Å². The fourth-order valence-corrected chi connectivity index (χ4v) is 1.79. The van der Waals surface area contributed by atoms with E-state index in [2.05, 4.69) is 4.98 Å². The van der Waals surface area contributed by atoms with Gasteiger partial charge in [0.25, 0.3) is 0 Å². The van der Waals surface area contributed by atoms with Crippen LogP contribution in [0.1, 0.15) is 5.56 Å². The molecule has 0 saturated heterocycles. The van der Waals surface area contributed by atoms with Gasteiger partial charge >= 0.3 is 0 Å². The van der Waals surface area contributed by atoms with E-state index in [1.54, 1.807) is 13.2 Å². The molecule has 1 aromatic heterocycles. The predicted octanol–water partition coefficient (Wildman–Crippen LogP) is 2.79. The summed E-state index contributed by atoms with van der Waals surface area (Å²) in [5, 5.41) is 10.0. The second-order valence-electron chi connectivity index (χ2n) is 3.62. The Bertz CT molecular complexity index is 608. The van der Waals surface area contributed by atoms with Crippen molar-refractivity contribution in [2.75, 3.05) is 20.3 Å². The van der Waals surface area contributed by atoms with Crippen molar-refractivity contribution in [2.24, 2.45) is 0 Å². The molecule has 0 saturated carbocycles. The van der Waals surface area contributed by atoms with Crippen molar-refractivity contribution in [1.82, 2.24) is 4.98 Å². The summed E-state index contributed by atoms with van der Waals surface area (Å²) in [4.78, 5) is 4.16. The van der Waals surface area contributed by atoms with E-state index in [1.807, 2.05) is 18.2 Å². The van der Waals surface area contributed by atoms with Crippen molar-refractivity contribution in [3.8, 4) is 11.8 Å². The second-order valence-corrected chi connectivity index (χ2v) is 4.00. The number of ether oxygens (including phenoxy) is 2. The van der Waals surface area contributed by atoms with Crippen LogP contribution in [0.15, 0.2) is 24.4 Å². The highest BCUT2D eigenvalue weighted by Gasteiger charge is 2.07. The zero-order valence-electron chi connectivity index (χ0n) is 9.81. The molecule has 0 atom stereocenters. The fourth-order valence-electron chi connectivity index (χ4n) is 1.55. The van der Waals surface area contributed by atoms with Crippen LogP contribution in [0, 0.1) is 11.3 Å². The monoisotopic (exact) mass is 262 g/mol. The minimum atomic E-state index is 0.359. The molecule has 2 aromatic rings. The molecular weight excluding hydrogens is 252 g/mol. The molecule has 0 aliphatic carbocycles. The number of nitriles is 1. The van der Waals surface area contributed by atoms with Crippen molar-refractivity contribution >= 4 is 22.5 Å². The van der Waals surface area contributed by atoms with Crippen LogP contribution in [0.3, 0.4) is 0 Å². The van der Waals surface area contributed by atoms with Crippen LogP contribution >= 0.6 is 11.6 Å². The molecule has 4 nitrogen and oxygen atoms in total. The number of hydrogen-bond donors (Lipinski definition) is 0. The molecule has 0 N–H and O–H groups in total. The van der Waals surface area contributed by atoms with Crippen LogP contribution in [0.4, 0.5) is 0 Å². The standard InChI is InChI=1S/C13H11ClN2O2/c1-17-4-5-18-10-2-3-12-11(6-10)13(14)9(7-15)8-16-12/h2-3,6,8H,4-5H2,1H3. The van der Waals surface area contributed by atoms with Gasteiger partial charge in [-0.3, -0.25) is 4.98 Å². The van der Waals surface area contributed by atoms with Crippen molar-refractivity contribution in [2.45, 2.75) is 0 Å². The van der Waals surface area contributed by atoms with Crippen LogP contribution in [-0.4, -0.2) is 25.3 Å². The summed E-state index contributed by atoms with van der Waals surface area (Å²) in [5.41, 5.74) is 1.09. The lowest BCUT2D eigenvalue weighted by atomic mass is 10.1. The Morgan fingerprint density at radius 2 is 2.22 bits per heavy atom. The van der Waals surface area contributed by atoms with Gasteiger partial charge in [-0.25, -0.2) is 0 Å². The van der Waals surface area contributed by atoms with E-state index in [1.165, 1.54) is 6.20 Å². The van der Waals surface area contributed by atoms with Gasteiger partial charge in [-0.05, 0) is 18.2 Å². The normalized spacial score (nSPS) is 10.3. The average molecular weight is 263 g/mol. The van der Waals surface area contributed by atoms with E-state index in [4.69, 9.17) is 26.3 Å². The summed E-state index contributed by atoms with van der Waals surface area (Å²) in [6, 6.07) is 7.41. The molecule has 0 spiro atoms. The molecule has 1 heterocycles. The topological polar surface area (TPSA) is 55.1 Å². The largest absolute Gasteiger partial charge is 0.491 e. The Kier molecular flexibility index (Phi) is 3.98. The highest BCUT2D eigenvalue weighted by molar-refractivity contribution is 6.36. The number of nitrogens with zero attached hydrogens (tertiary/aromatic N) is 2. The van der Waals surface area contributed by atoms with Crippen LogP contribution in [0.2, 0.25) is 5.02 Å². The molecule has 18 heavy (non-hydrogen) atoms. The fraction of sp³-hybridized carbons (Fsp3) is 0.231. The third-order valence-electron chi connectivity index (χ3n) is 2.45. The highest BCUT2D eigenvalue weighted by atomic mass is 35.5. The number of rotatable bonds is 4. The predicted molar refractivity (Wildman–Crippen MR) is 68.8 cm³/mol. The van der Waals surface area contributed by atoms with Crippen molar-refractivity contribution < 1.29 is 9.47 Å². The van der Waals surface area contributed by atoms with Gasteiger partial charge in [0, 0.05) is 18.7 Å². The first-order valence-corrected chi connectivity index (χ1v) is 5.74. The third-order valence-corrected chi connectivity index (χ3v) is 2.86. The van der Waals surface area contributed by atoms with E-state index >= 15 is 0 Å². The zero-order chi connectivity index (χ0) is 13.0. The van der Waals surface area contributed by atoms with Gasteiger partial charge in [0.15, 0.2) is 0 Å². The number of hydrogen-bond acceptors (Lipinski definition) is 4. The zero-order valence-corrected chi connectivity index (χ0v) is 10.6. The lowest BCUT2D eigenvalue weighted by molar-refractivity contribution is 0.146. The number of methoxy groups -OCH3 is 1. The molecular formula is C13H11ClN2O2. The van der Waals surface area contributed by atoms with Crippen molar-refractivity contribution in [3.05, 3.63) is 35.0 Å². The Balaban J connectivity index is 2.37. The first-order valence-electron chi connectivity index (χ1n) is 5.36. The summed E-state index contributed by atoms with van der Waals surface area (Å²) >= 11 is 6.13. The first kappa shape index (κ1) is 12.6. The van der Waals surface area contributed by atoms with Crippen LogP contribution in [-0.2, 0) is 4.74 Å². The quantitative estimate of drug-likeness (QED) is 0.795. The van der Waals surface area contributed by atoms with Gasteiger partial charge in [0.2, 0.25) is 0 Å². The Hall–Kier alpha value is -1.83. The number of fused-ring (bicyclic) bond motifs is 1. The van der Waals surface area contributed by atoms with Crippen molar-refractivity contribution in [3.63, 3.8) is 0 Å². The smallest absolute Gasteiger partial charge is 0.120 e. The molecule has 0 unspecified atom stereocenters. The molecule has 5 heteroatoms. The number of pyridine rings is 1. The molecule has 0 aliphatic heterocycles. The molecule has 92 valence electrons. The summed E-state index contributed by atoms with van der Waals surface area (Å²) < 4.78 is 10.4. The SMILES string of the molecule is COCCOc1ccc2ncc(C#N)c(Cl)c2c1. The number of halogens is 1. The summed E-state index contributed by atoms with van der Waals surface area (Å²) in [6.07, 6.45) is 1.47. The van der Waals surface area contributed by atoms with Gasteiger partial charge < -0.3 is 9.47 Å². The van der Waals surface area contributed by atoms with E-state index in [-0.39, 0.29) is 0 Å². The molecule has 2 rings (SSSR count). The van der Waals surface area contributed by atoms with E-state index < -0.39 is 0 Å². The lowest BCUT2D eigenvalue weighted by Crippen LogP contribution is -2.04. The third kappa shape index (κ3) is 2.53. The van der Waals surface area contributed by atoms with E-state index in [0.717, 1.165) is 5.52 Å². The number of benzene rings is 1. The van der Waals surface area contributed by atoms with E-state index in [0.29, 0.717) is 34.9 Å². The minimum absolute atomic E-state index is 0.359. The van der Waals surface area contributed by atoms with Gasteiger partial charge in [0.1, 0.15) is 18.4 Å². The van der Waals surface area contributed by atoms with Gasteiger partial charge in [-0.1, -0.05) is 11.6 Å². The summed E-state index contributed by atoms with van der Waals surface area (Å²) in [6.45, 7) is 0.979. The lowest BCUT2D eigenvalue weighted by Gasteiger charge is -2.07. The molecule has 0 aliphatic rings. The Morgan fingerprint density at radius 3 is 2.94 bits per heavy atom. The maximum Gasteiger partial charge on any atom is 0.120 e. The minimum Gasteiger partial charge on any atom is -0.491 e. The molecule has 0 amide bonds. The maximum atomic E-state index is 8.90. The molecule has 0 bridgehead atoms. The first-order chi connectivity index (χ1) is 8.76. The van der Waals surface area contributed by atoms with Gasteiger partial charge in [-0.2, -0.15) is 5.26 Å².